The van der Waals surface area contributed by atoms with E-state index in [0.717, 1.165) is 11.3 Å². The third kappa shape index (κ3) is 2.41. The van der Waals surface area contributed by atoms with E-state index in [0.29, 0.717) is 13.1 Å². The molecule has 0 amide bonds. The number of aromatic nitrogens is 2. The fourth-order valence-electron chi connectivity index (χ4n) is 1.78. The van der Waals surface area contributed by atoms with Gasteiger partial charge in [-0.1, -0.05) is 12.1 Å². The molecule has 0 saturated carbocycles. The number of hydrogen-bond donors (Lipinski definition) is 0. The van der Waals surface area contributed by atoms with Crippen molar-refractivity contribution in [2.24, 2.45) is 0 Å². The predicted molar refractivity (Wildman–Crippen MR) is 66.5 cm³/mol. The van der Waals surface area contributed by atoms with Crippen LogP contribution in [0.4, 0.5) is 0 Å². The lowest BCUT2D eigenvalue weighted by atomic mass is 10.2. The lowest BCUT2D eigenvalue weighted by Gasteiger charge is -2.04. The third-order valence-corrected chi connectivity index (χ3v) is 2.75. The van der Waals surface area contributed by atoms with Crippen LogP contribution in [-0.2, 0) is 13.1 Å². The first-order valence-electron chi connectivity index (χ1n) is 5.63. The van der Waals surface area contributed by atoms with Crippen LogP contribution in [0.3, 0.4) is 0 Å². The molecule has 0 N–H and O–H groups in total. The minimum atomic E-state index is 0.0234. The van der Waals surface area contributed by atoms with Gasteiger partial charge in [-0.25, -0.2) is 4.79 Å². The maximum Gasteiger partial charge on any atom is 0.328 e. The molecule has 1 aromatic heterocycles. The first kappa shape index (κ1) is 11.5. The summed E-state index contributed by atoms with van der Waals surface area (Å²) in [5.41, 5.74) is 1.08. The molecule has 0 aliphatic rings. The standard InChI is InChI=1S/C13H16N2O2/c1-3-14-7-8-15(13(14)16)10-11-5-4-6-12(9-11)17-2/h4-9H,3,10H2,1-2H3. The zero-order valence-electron chi connectivity index (χ0n) is 10.1. The minimum Gasteiger partial charge on any atom is -0.497 e. The van der Waals surface area contributed by atoms with E-state index in [1.807, 2.05) is 43.6 Å². The Labute approximate surface area is 100 Å². The number of aryl methyl sites for hydroxylation is 1. The van der Waals surface area contributed by atoms with E-state index >= 15 is 0 Å². The molecule has 0 aliphatic heterocycles. The van der Waals surface area contributed by atoms with Crippen molar-refractivity contribution in [1.82, 2.24) is 9.13 Å². The quantitative estimate of drug-likeness (QED) is 0.804. The van der Waals surface area contributed by atoms with Crippen molar-refractivity contribution in [3.63, 3.8) is 0 Å². The number of nitrogens with zero attached hydrogens (tertiary/aromatic N) is 2. The molecule has 0 spiro atoms. The largest absolute Gasteiger partial charge is 0.497 e. The Kier molecular flexibility index (Phi) is 3.32. The number of rotatable bonds is 4. The molecule has 0 atom stereocenters. The third-order valence-electron chi connectivity index (χ3n) is 2.75. The van der Waals surface area contributed by atoms with Crippen molar-refractivity contribution in [3.05, 3.63) is 52.7 Å². The first-order valence-corrected chi connectivity index (χ1v) is 5.63. The lowest BCUT2D eigenvalue weighted by molar-refractivity contribution is 0.414. The van der Waals surface area contributed by atoms with E-state index in [1.54, 1.807) is 16.2 Å². The average molecular weight is 232 g/mol. The van der Waals surface area contributed by atoms with Crippen LogP contribution in [0.15, 0.2) is 41.5 Å². The van der Waals surface area contributed by atoms with Gasteiger partial charge in [-0.3, -0.25) is 9.13 Å². The van der Waals surface area contributed by atoms with Crippen molar-refractivity contribution < 1.29 is 4.74 Å². The van der Waals surface area contributed by atoms with E-state index in [4.69, 9.17) is 4.74 Å². The van der Waals surface area contributed by atoms with Crippen molar-refractivity contribution in [1.29, 1.82) is 0 Å². The highest BCUT2D eigenvalue weighted by Crippen LogP contribution is 2.12. The van der Waals surface area contributed by atoms with Crippen molar-refractivity contribution >= 4 is 0 Å². The number of imidazole rings is 1. The topological polar surface area (TPSA) is 36.2 Å². The molecule has 1 aromatic carbocycles. The molecule has 2 aromatic rings. The number of hydrogen-bond acceptors (Lipinski definition) is 2. The lowest BCUT2D eigenvalue weighted by Crippen LogP contribution is -2.23. The van der Waals surface area contributed by atoms with E-state index in [2.05, 4.69) is 0 Å². The number of methoxy groups -OCH3 is 1. The van der Waals surface area contributed by atoms with Crippen LogP contribution in [0.2, 0.25) is 0 Å². The zero-order valence-corrected chi connectivity index (χ0v) is 10.1. The van der Waals surface area contributed by atoms with Crippen LogP contribution in [0.1, 0.15) is 12.5 Å². The van der Waals surface area contributed by atoms with Gasteiger partial charge in [0.25, 0.3) is 0 Å². The summed E-state index contributed by atoms with van der Waals surface area (Å²) in [6.07, 6.45) is 3.62. The van der Waals surface area contributed by atoms with Gasteiger partial charge in [0.05, 0.1) is 13.7 Å². The summed E-state index contributed by atoms with van der Waals surface area (Å²) >= 11 is 0. The van der Waals surface area contributed by atoms with Crippen molar-refractivity contribution in [2.45, 2.75) is 20.0 Å². The molecule has 0 saturated heterocycles. The van der Waals surface area contributed by atoms with E-state index in [1.165, 1.54) is 0 Å². The summed E-state index contributed by atoms with van der Waals surface area (Å²) in [5.74, 6) is 0.811. The monoisotopic (exact) mass is 232 g/mol. The van der Waals surface area contributed by atoms with Gasteiger partial charge in [0.2, 0.25) is 0 Å². The summed E-state index contributed by atoms with van der Waals surface area (Å²) in [7, 11) is 1.64. The van der Waals surface area contributed by atoms with Crippen molar-refractivity contribution in [3.8, 4) is 5.75 Å². The number of ether oxygens (including phenoxy) is 1. The van der Waals surface area contributed by atoms with Gasteiger partial charge in [-0.2, -0.15) is 0 Å². The van der Waals surface area contributed by atoms with Crippen LogP contribution in [0.5, 0.6) is 5.75 Å². The molecule has 0 bridgehead atoms. The molecule has 2 rings (SSSR count). The molecule has 0 unspecified atom stereocenters. The van der Waals surface area contributed by atoms with E-state index in [9.17, 15) is 4.79 Å². The molecule has 90 valence electrons. The van der Waals surface area contributed by atoms with E-state index < -0.39 is 0 Å². The number of benzene rings is 1. The van der Waals surface area contributed by atoms with Crippen LogP contribution in [0.25, 0.3) is 0 Å². The Morgan fingerprint density at radius 3 is 2.65 bits per heavy atom. The Morgan fingerprint density at radius 2 is 2.00 bits per heavy atom. The van der Waals surface area contributed by atoms with Gasteiger partial charge in [-0.15, -0.1) is 0 Å². The fourth-order valence-corrected chi connectivity index (χ4v) is 1.78. The SMILES string of the molecule is CCn1ccn(Cc2cccc(OC)c2)c1=O. The highest BCUT2D eigenvalue weighted by Gasteiger charge is 2.03. The molecule has 1 heterocycles. The average Bonchev–Trinajstić information content (AvgIpc) is 2.71. The molecule has 0 fully saturated rings. The Balaban J connectivity index is 2.25. The van der Waals surface area contributed by atoms with Crippen LogP contribution in [0, 0.1) is 0 Å². The van der Waals surface area contributed by atoms with Crippen LogP contribution >= 0.6 is 0 Å². The van der Waals surface area contributed by atoms with Crippen LogP contribution < -0.4 is 10.4 Å². The summed E-state index contributed by atoms with van der Waals surface area (Å²) in [6, 6.07) is 7.74. The van der Waals surface area contributed by atoms with E-state index in [-0.39, 0.29) is 5.69 Å². The van der Waals surface area contributed by atoms with Crippen molar-refractivity contribution in [2.75, 3.05) is 7.11 Å². The summed E-state index contributed by atoms with van der Waals surface area (Å²) in [4.78, 5) is 11.9. The van der Waals surface area contributed by atoms with Gasteiger partial charge in [-0.05, 0) is 24.6 Å². The Bertz CT molecular complexity index is 555. The second kappa shape index (κ2) is 4.91. The first-order chi connectivity index (χ1) is 8.24. The molecular weight excluding hydrogens is 216 g/mol. The van der Waals surface area contributed by atoms with Gasteiger partial charge in [0, 0.05) is 18.9 Å². The highest BCUT2D eigenvalue weighted by atomic mass is 16.5. The second-order valence-electron chi connectivity index (χ2n) is 3.85. The molecule has 0 radical (unpaired) electrons. The molecule has 4 nitrogen and oxygen atoms in total. The van der Waals surface area contributed by atoms with Gasteiger partial charge in [0.15, 0.2) is 0 Å². The fraction of sp³-hybridized carbons (Fsp3) is 0.308. The summed E-state index contributed by atoms with van der Waals surface area (Å²) in [6.45, 7) is 3.23. The molecule has 17 heavy (non-hydrogen) atoms. The normalized spacial score (nSPS) is 10.5. The summed E-state index contributed by atoms with van der Waals surface area (Å²) in [5, 5.41) is 0. The minimum absolute atomic E-state index is 0.0234. The second-order valence-corrected chi connectivity index (χ2v) is 3.85. The van der Waals surface area contributed by atoms with Crippen LogP contribution in [-0.4, -0.2) is 16.2 Å². The highest BCUT2D eigenvalue weighted by molar-refractivity contribution is 5.28. The molecule has 0 aliphatic carbocycles. The zero-order chi connectivity index (χ0) is 12.3. The summed E-state index contributed by atoms with van der Waals surface area (Å²) < 4.78 is 8.53. The van der Waals surface area contributed by atoms with Gasteiger partial charge < -0.3 is 4.74 Å². The Hall–Kier alpha value is -1.97. The predicted octanol–water partition coefficient (Wildman–Crippen LogP) is 1.73. The smallest absolute Gasteiger partial charge is 0.328 e. The molecular formula is C13H16N2O2. The Morgan fingerprint density at radius 1 is 1.24 bits per heavy atom. The maximum atomic E-state index is 11.9. The molecule has 4 heteroatoms. The maximum absolute atomic E-state index is 11.9. The van der Waals surface area contributed by atoms with Gasteiger partial charge in [0.1, 0.15) is 5.75 Å². The van der Waals surface area contributed by atoms with Gasteiger partial charge >= 0.3 is 5.69 Å².